The number of alkyl halides is 3. The van der Waals surface area contributed by atoms with E-state index in [4.69, 9.17) is 32.7 Å². The number of carbonyl (C=O) groups excluding carboxylic acids is 2. The molecule has 4 rings (SSSR count). The molecule has 1 aliphatic rings. The molecule has 1 amide bonds. The maximum atomic E-state index is 13.3. The number of aliphatic hydroxyl groups is 1. The zero-order valence-electron chi connectivity index (χ0n) is 20.3. The van der Waals surface area contributed by atoms with E-state index in [9.17, 15) is 33.0 Å². The number of hydrogen-bond acceptors (Lipinski definition) is 6. The number of rotatable bonds is 6. The quantitative estimate of drug-likeness (QED) is 0.200. The second-order valence-corrected chi connectivity index (χ2v) is 9.29. The number of aromatic hydroxyl groups is 1. The Bertz CT molecular complexity index is 1490. The molecule has 1 saturated heterocycles. The van der Waals surface area contributed by atoms with E-state index < -0.39 is 41.8 Å². The van der Waals surface area contributed by atoms with Gasteiger partial charge in [-0.1, -0.05) is 47.5 Å². The normalized spacial score (nSPS) is 17.0. The number of likely N-dealkylation sites (tertiary alicyclic amines) is 1. The number of phenolic OH excluding ortho intramolecular Hbond substituents is 1. The molecule has 12 heteroatoms. The minimum Gasteiger partial charge on any atom is -0.508 e. The lowest BCUT2D eigenvalue weighted by Crippen LogP contribution is -2.29. The van der Waals surface area contributed by atoms with Gasteiger partial charge in [-0.05, 0) is 41.5 Å². The molecule has 3 aromatic carbocycles. The number of carbonyl (C=O) groups is 2. The summed E-state index contributed by atoms with van der Waals surface area (Å²) in [5.41, 5.74) is -1.03. The van der Waals surface area contributed by atoms with E-state index in [0.29, 0.717) is 5.56 Å². The van der Waals surface area contributed by atoms with Gasteiger partial charge >= 0.3 is 6.18 Å². The van der Waals surface area contributed by atoms with Gasteiger partial charge in [-0.15, -0.1) is 0 Å². The molecule has 1 aliphatic heterocycles. The Hall–Kier alpha value is -3.89. The molecule has 0 aliphatic carbocycles. The van der Waals surface area contributed by atoms with Gasteiger partial charge in [-0.25, -0.2) is 0 Å². The summed E-state index contributed by atoms with van der Waals surface area (Å²) in [6, 6.07) is 9.79. The van der Waals surface area contributed by atoms with Crippen LogP contribution in [0.25, 0.3) is 5.76 Å². The van der Waals surface area contributed by atoms with Crippen LogP contribution in [0.1, 0.15) is 28.3 Å². The SMILES string of the molecule is COc1c(Cl)cc(/C(O)=C2\C(=O)C(=O)N(Cc3cccc(C(F)(F)F)c3)C2c2ccc(O)cc2)c(OC)c1Cl. The van der Waals surface area contributed by atoms with Gasteiger partial charge in [0.15, 0.2) is 11.5 Å². The molecule has 1 heterocycles. The molecular weight excluding hydrogens is 562 g/mol. The van der Waals surface area contributed by atoms with Crippen molar-refractivity contribution in [3.05, 3.63) is 92.5 Å². The highest BCUT2D eigenvalue weighted by Gasteiger charge is 2.46. The zero-order chi connectivity index (χ0) is 28.6. The van der Waals surface area contributed by atoms with Gasteiger partial charge in [-0.3, -0.25) is 9.59 Å². The third-order valence-electron chi connectivity index (χ3n) is 6.15. The number of ether oxygens (including phenoxy) is 2. The molecule has 0 spiro atoms. The second-order valence-electron chi connectivity index (χ2n) is 8.50. The van der Waals surface area contributed by atoms with Crippen LogP contribution in [0.4, 0.5) is 13.2 Å². The Kier molecular flexibility index (Phi) is 7.72. The Balaban J connectivity index is 1.92. The van der Waals surface area contributed by atoms with Crippen LogP contribution >= 0.6 is 23.2 Å². The molecule has 2 N–H and O–H groups in total. The molecule has 3 aromatic rings. The lowest BCUT2D eigenvalue weighted by Gasteiger charge is -2.26. The molecular formula is C27H20Cl2F3NO6. The van der Waals surface area contributed by atoms with E-state index in [0.717, 1.165) is 17.0 Å². The fourth-order valence-corrected chi connectivity index (χ4v) is 5.07. The number of aliphatic hydroxyl groups excluding tert-OH is 1. The van der Waals surface area contributed by atoms with Crippen LogP contribution in [-0.2, 0) is 22.3 Å². The Morgan fingerprint density at radius 3 is 2.23 bits per heavy atom. The average molecular weight is 582 g/mol. The summed E-state index contributed by atoms with van der Waals surface area (Å²) in [5, 5.41) is 21.0. The molecule has 204 valence electrons. The van der Waals surface area contributed by atoms with E-state index in [1.807, 2.05) is 0 Å². The van der Waals surface area contributed by atoms with Crippen molar-refractivity contribution in [1.82, 2.24) is 4.90 Å². The fourth-order valence-electron chi connectivity index (χ4n) is 4.38. The predicted octanol–water partition coefficient (Wildman–Crippen LogP) is 6.36. The molecule has 0 saturated carbocycles. The van der Waals surface area contributed by atoms with Crippen LogP contribution in [0.15, 0.2) is 60.2 Å². The third-order valence-corrected chi connectivity index (χ3v) is 6.77. The van der Waals surface area contributed by atoms with Gasteiger partial charge in [0, 0.05) is 6.54 Å². The summed E-state index contributed by atoms with van der Waals surface area (Å²) >= 11 is 12.6. The van der Waals surface area contributed by atoms with Crippen molar-refractivity contribution in [2.45, 2.75) is 18.8 Å². The standard InChI is InChI=1S/C27H20Cl2F3NO6/c1-38-24-17(11-18(28)25(39-2)20(24)29)22(35)19-21(14-6-8-16(34)9-7-14)33(26(37)23(19)36)12-13-4-3-5-15(10-13)27(30,31)32/h3-11,21,34-35H,12H2,1-2H3/b22-19+. The molecule has 0 radical (unpaired) electrons. The minimum atomic E-state index is -4.62. The van der Waals surface area contributed by atoms with Crippen LogP contribution in [0, 0.1) is 0 Å². The summed E-state index contributed by atoms with van der Waals surface area (Å²) in [7, 11) is 2.57. The maximum Gasteiger partial charge on any atom is 0.416 e. The summed E-state index contributed by atoms with van der Waals surface area (Å²) in [5.74, 6) is -2.99. The van der Waals surface area contributed by atoms with Crippen molar-refractivity contribution < 1.29 is 42.4 Å². The molecule has 1 atom stereocenters. The number of benzene rings is 3. The van der Waals surface area contributed by atoms with E-state index in [1.165, 1.54) is 56.7 Å². The maximum absolute atomic E-state index is 13.3. The first-order valence-electron chi connectivity index (χ1n) is 11.2. The Morgan fingerprint density at radius 2 is 1.64 bits per heavy atom. The van der Waals surface area contributed by atoms with Crippen molar-refractivity contribution in [3.8, 4) is 17.2 Å². The highest BCUT2D eigenvalue weighted by atomic mass is 35.5. The fraction of sp³-hybridized carbons (Fsp3) is 0.185. The van der Waals surface area contributed by atoms with Crippen LogP contribution in [0.3, 0.4) is 0 Å². The van der Waals surface area contributed by atoms with E-state index in [1.54, 1.807) is 0 Å². The number of hydrogen-bond donors (Lipinski definition) is 2. The Labute approximate surface area is 230 Å². The van der Waals surface area contributed by atoms with Gasteiger partial charge in [0.25, 0.3) is 11.7 Å². The molecule has 0 bridgehead atoms. The largest absolute Gasteiger partial charge is 0.508 e. The molecule has 39 heavy (non-hydrogen) atoms. The zero-order valence-corrected chi connectivity index (χ0v) is 21.9. The predicted molar refractivity (Wildman–Crippen MR) is 137 cm³/mol. The topological polar surface area (TPSA) is 96.3 Å². The van der Waals surface area contributed by atoms with Crippen LogP contribution in [0.5, 0.6) is 17.2 Å². The number of phenols is 1. The van der Waals surface area contributed by atoms with Crippen molar-refractivity contribution in [2.75, 3.05) is 14.2 Å². The van der Waals surface area contributed by atoms with Gasteiger partial charge in [0.2, 0.25) is 0 Å². The first kappa shape index (κ1) is 28.1. The van der Waals surface area contributed by atoms with Gasteiger partial charge in [-0.2, -0.15) is 13.2 Å². The molecule has 7 nitrogen and oxygen atoms in total. The molecule has 0 aromatic heterocycles. The van der Waals surface area contributed by atoms with Crippen LogP contribution in [-0.4, -0.2) is 41.0 Å². The smallest absolute Gasteiger partial charge is 0.416 e. The Morgan fingerprint density at radius 1 is 1.00 bits per heavy atom. The highest BCUT2D eigenvalue weighted by Crippen LogP contribution is 2.47. The first-order valence-corrected chi connectivity index (χ1v) is 12.0. The van der Waals surface area contributed by atoms with E-state index in [2.05, 4.69) is 0 Å². The van der Waals surface area contributed by atoms with Gasteiger partial charge < -0.3 is 24.6 Å². The number of amides is 1. The van der Waals surface area contributed by atoms with Crippen molar-refractivity contribution in [2.24, 2.45) is 0 Å². The van der Waals surface area contributed by atoms with Crippen LogP contribution in [0.2, 0.25) is 10.0 Å². The van der Waals surface area contributed by atoms with Crippen molar-refractivity contribution in [1.29, 1.82) is 0 Å². The summed E-state index contributed by atoms with van der Waals surface area (Å²) in [4.78, 5) is 27.6. The summed E-state index contributed by atoms with van der Waals surface area (Å²) in [6.45, 7) is -0.391. The highest BCUT2D eigenvalue weighted by molar-refractivity contribution is 6.47. The molecule has 1 unspecified atom stereocenters. The van der Waals surface area contributed by atoms with E-state index in [-0.39, 0.29) is 44.0 Å². The van der Waals surface area contributed by atoms with Crippen LogP contribution < -0.4 is 9.47 Å². The molecule has 1 fully saturated rings. The minimum absolute atomic E-state index is 0.0239. The summed E-state index contributed by atoms with van der Waals surface area (Å²) in [6.07, 6.45) is -4.62. The van der Waals surface area contributed by atoms with Gasteiger partial charge in [0.1, 0.15) is 16.5 Å². The monoisotopic (exact) mass is 581 g/mol. The number of halogens is 5. The lowest BCUT2D eigenvalue weighted by molar-refractivity contribution is -0.140. The third kappa shape index (κ3) is 5.22. The number of Topliss-reactive ketones (excluding diaryl/α,β-unsaturated/α-hetero) is 1. The first-order chi connectivity index (χ1) is 18.4. The second kappa shape index (κ2) is 10.7. The number of methoxy groups -OCH3 is 2. The van der Waals surface area contributed by atoms with Crippen molar-refractivity contribution >= 4 is 40.7 Å². The summed E-state index contributed by atoms with van der Waals surface area (Å²) < 4.78 is 50.4. The number of nitrogens with zero attached hydrogens (tertiary/aromatic N) is 1. The van der Waals surface area contributed by atoms with E-state index >= 15 is 0 Å². The van der Waals surface area contributed by atoms with Gasteiger partial charge in [0.05, 0.1) is 42.0 Å². The van der Waals surface area contributed by atoms with Crippen molar-refractivity contribution in [3.63, 3.8) is 0 Å². The average Bonchev–Trinajstić information content (AvgIpc) is 3.13. The lowest BCUT2D eigenvalue weighted by atomic mass is 9.94. The number of ketones is 1.